The van der Waals surface area contributed by atoms with Gasteiger partial charge in [0.25, 0.3) is 0 Å². The third-order valence-electron chi connectivity index (χ3n) is 3.65. The molecule has 0 atom stereocenters. The van der Waals surface area contributed by atoms with Crippen LogP contribution in [-0.4, -0.2) is 35.5 Å². The second-order valence-electron chi connectivity index (χ2n) is 5.38. The van der Waals surface area contributed by atoms with Crippen LogP contribution in [0.25, 0.3) is 0 Å². The van der Waals surface area contributed by atoms with Gasteiger partial charge in [0, 0.05) is 0 Å². The SMILES string of the molecule is CC1CCC(CNC(C)(CO)CO)CC1. The number of aliphatic hydroxyl groups is 2. The lowest BCUT2D eigenvalue weighted by Crippen LogP contribution is -2.50. The smallest absolute Gasteiger partial charge is 0.0633 e. The second-order valence-corrected chi connectivity index (χ2v) is 5.38. The Labute approximate surface area is 92.9 Å². The quantitative estimate of drug-likeness (QED) is 0.645. The summed E-state index contributed by atoms with van der Waals surface area (Å²) in [6.07, 6.45) is 5.20. The Hall–Kier alpha value is -0.120. The molecule has 1 saturated carbocycles. The molecule has 0 radical (unpaired) electrons. The summed E-state index contributed by atoms with van der Waals surface area (Å²) in [5, 5.41) is 21.5. The van der Waals surface area contributed by atoms with Gasteiger partial charge in [-0.05, 0) is 38.1 Å². The molecule has 0 unspecified atom stereocenters. The highest BCUT2D eigenvalue weighted by atomic mass is 16.3. The third kappa shape index (κ3) is 4.09. The van der Waals surface area contributed by atoms with Gasteiger partial charge in [-0.15, -0.1) is 0 Å². The largest absolute Gasteiger partial charge is 0.394 e. The zero-order valence-electron chi connectivity index (χ0n) is 10.00. The van der Waals surface area contributed by atoms with Gasteiger partial charge < -0.3 is 15.5 Å². The zero-order valence-corrected chi connectivity index (χ0v) is 10.00. The standard InChI is InChI=1S/C12H25NO2/c1-10-3-5-11(6-4-10)7-13-12(2,8-14)9-15/h10-11,13-15H,3-9H2,1-2H3. The van der Waals surface area contributed by atoms with Gasteiger partial charge in [0.05, 0.1) is 18.8 Å². The molecule has 0 aromatic carbocycles. The molecule has 0 aromatic heterocycles. The number of aliphatic hydroxyl groups excluding tert-OH is 2. The van der Waals surface area contributed by atoms with Crippen molar-refractivity contribution in [2.75, 3.05) is 19.8 Å². The average molecular weight is 215 g/mol. The Kier molecular flexibility index (Phi) is 5.03. The highest BCUT2D eigenvalue weighted by Crippen LogP contribution is 2.27. The van der Waals surface area contributed by atoms with E-state index in [1.165, 1.54) is 25.7 Å². The summed E-state index contributed by atoms with van der Waals surface area (Å²) in [6, 6.07) is 0. The van der Waals surface area contributed by atoms with Crippen LogP contribution in [0.15, 0.2) is 0 Å². The van der Waals surface area contributed by atoms with E-state index in [-0.39, 0.29) is 13.2 Å². The van der Waals surface area contributed by atoms with Gasteiger partial charge in [-0.2, -0.15) is 0 Å². The van der Waals surface area contributed by atoms with Crippen LogP contribution in [0.1, 0.15) is 39.5 Å². The number of nitrogens with one attached hydrogen (secondary N) is 1. The molecule has 90 valence electrons. The molecule has 1 fully saturated rings. The van der Waals surface area contributed by atoms with Crippen LogP contribution in [0.2, 0.25) is 0 Å². The Balaban J connectivity index is 2.24. The minimum absolute atomic E-state index is 0.00732. The molecule has 1 rings (SSSR count). The molecule has 3 N–H and O–H groups in total. The summed E-state index contributed by atoms with van der Waals surface area (Å²) in [5.41, 5.74) is -0.511. The van der Waals surface area contributed by atoms with E-state index in [1.54, 1.807) is 0 Å². The molecule has 1 aliphatic rings. The summed E-state index contributed by atoms with van der Waals surface area (Å²) < 4.78 is 0. The van der Waals surface area contributed by atoms with Crippen molar-refractivity contribution < 1.29 is 10.2 Å². The lowest BCUT2D eigenvalue weighted by atomic mass is 9.82. The van der Waals surface area contributed by atoms with Gasteiger partial charge >= 0.3 is 0 Å². The Bertz CT molecular complexity index is 172. The van der Waals surface area contributed by atoms with Crippen molar-refractivity contribution >= 4 is 0 Å². The number of hydrogen-bond acceptors (Lipinski definition) is 3. The first-order valence-electron chi connectivity index (χ1n) is 6.06. The second kappa shape index (κ2) is 5.83. The van der Waals surface area contributed by atoms with E-state index in [2.05, 4.69) is 12.2 Å². The van der Waals surface area contributed by atoms with Crippen LogP contribution in [-0.2, 0) is 0 Å². The fraction of sp³-hybridized carbons (Fsp3) is 1.00. The molecular weight excluding hydrogens is 190 g/mol. The predicted molar refractivity (Wildman–Crippen MR) is 61.7 cm³/mol. The minimum atomic E-state index is -0.511. The maximum absolute atomic E-state index is 9.13. The molecule has 3 heteroatoms. The van der Waals surface area contributed by atoms with E-state index < -0.39 is 5.54 Å². The first-order valence-corrected chi connectivity index (χ1v) is 6.06. The van der Waals surface area contributed by atoms with Gasteiger partial charge in [-0.3, -0.25) is 0 Å². The molecule has 0 bridgehead atoms. The van der Waals surface area contributed by atoms with Gasteiger partial charge in [0.1, 0.15) is 0 Å². The minimum Gasteiger partial charge on any atom is -0.394 e. The van der Waals surface area contributed by atoms with E-state index in [0.717, 1.165) is 18.4 Å². The summed E-state index contributed by atoms with van der Waals surface area (Å²) in [5.74, 6) is 1.60. The van der Waals surface area contributed by atoms with Crippen molar-refractivity contribution in [3.63, 3.8) is 0 Å². The highest BCUT2D eigenvalue weighted by molar-refractivity contribution is 4.83. The van der Waals surface area contributed by atoms with E-state index in [9.17, 15) is 0 Å². The first kappa shape index (κ1) is 12.9. The molecule has 0 saturated heterocycles. The summed E-state index contributed by atoms with van der Waals surface area (Å²) in [6.45, 7) is 5.08. The average Bonchev–Trinajstić information content (AvgIpc) is 2.28. The maximum atomic E-state index is 9.13. The molecule has 3 nitrogen and oxygen atoms in total. The third-order valence-corrected chi connectivity index (χ3v) is 3.65. The summed E-state index contributed by atoms with van der Waals surface area (Å²) in [7, 11) is 0. The van der Waals surface area contributed by atoms with Crippen molar-refractivity contribution in [2.24, 2.45) is 11.8 Å². The lowest BCUT2D eigenvalue weighted by Gasteiger charge is -2.32. The molecule has 1 aliphatic carbocycles. The van der Waals surface area contributed by atoms with Crippen LogP contribution in [0.3, 0.4) is 0 Å². The van der Waals surface area contributed by atoms with E-state index in [1.807, 2.05) is 6.92 Å². The fourth-order valence-electron chi connectivity index (χ4n) is 2.09. The van der Waals surface area contributed by atoms with Gasteiger partial charge in [0.2, 0.25) is 0 Å². The number of hydrogen-bond donors (Lipinski definition) is 3. The predicted octanol–water partition coefficient (Wildman–Crippen LogP) is 1.15. The monoisotopic (exact) mass is 215 g/mol. The van der Waals surface area contributed by atoms with Gasteiger partial charge in [-0.25, -0.2) is 0 Å². The van der Waals surface area contributed by atoms with E-state index in [0.29, 0.717) is 0 Å². The molecule has 0 amide bonds. The normalized spacial score (nSPS) is 28.0. The van der Waals surface area contributed by atoms with Crippen LogP contribution in [0.4, 0.5) is 0 Å². The molecule has 0 aliphatic heterocycles. The molecule has 0 aromatic rings. The van der Waals surface area contributed by atoms with Crippen molar-refractivity contribution in [2.45, 2.75) is 45.1 Å². The molecular formula is C12H25NO2. The summed E-state index contributed by atoms with van der Waals surface area (Å²) in [4.78, 5) is 0. The fourth-order valence-corrected chi connectivity index (χ4v) is 2.09. The highest BCUT2D eigenvalue weighted by Gasteiger charge is 2.24. The van der Waals surface area contributed by atoms with Crippen molar-refractivity contribution in [1.82, 2.24) is 5.32 Å². The van der Waals surface area contributed by atoms with Crippen LogP contribution in [0.5, 0.6) is 0 Å². The summed E-state index contributed by atoms with van der Waals surface area (Å²) >= 11 is 0. The topological polar surface area (TPSA) is 52.5 Å². The lowest BCUT2D eigenvalue weighted by molar-refractivity contribution is 0.0971. The Morgan fingerprint density at radius 2 is 1.67 bits per heavy atom. The van der Waals surface area contributed by atoms with Gasteiger partial charge in [0.15, 0.2) is 0 Å². The zero-order chi connectivity index (χ0) is 11.3. The Morgan fingerprint density at radius 3 is 2.13 bits per heavy atom. The van der Waals surface area contributed by atoms with Crippen molar-refractivity contribution in [1.29, 1.82) is 0 Å². The van der Waals surface area contributed by atoms with E-state index >= 15 is 0 Å². The van der Waals surface area contributed by atoms with Crippen LogP contribution in [0, 0.1) is 11.8 Å². The van der Waals surface area contributed by atoms with Crippen LogP contribution < -0.4 is 5.32 Å². The van der Waals surface area contributed by atoms with Crippen LogP contribution >= 0.6 is 0 Å². The van der Waals surface area contributed by atoms with Gasteiger partial charge in [-0.1, -0.05) is 19.8 Å². The van der Waals surface area contributed by atoms with Crippen molar-refractivity contribution in [3.8, 4) is 0 Å². The Morgan fingerprint density at radius 1 is 1.13 bits per heavy atom. The van der Waals surface area contributed by atoms with E-state index in [4.69, 9.17) is 10.2 Å². The molecule has 0 heterocycles. The number of rotatable bonds is 5. The first-order chi connectivity index (χ1) is 7.09. The molecule has 15 heavy (non-hydrogen) atoms. The van der Waals surface area contributed by atoms with Crippen molar-refractivity contribution in [3.05, 3.63) is 0 Å². The molecule has 0 spiro atoms. The maximum Gasteiger partial charge on any atom is 0.0633 e.